The van der Waals surface area contributed by atoms with Crippen LogP contribution >= 0.6 is 0 Å². The Hall–Kier alpha value is -0.810. The Morgan fingerprint density at radius 2 is 1.95 bits per heavy atom. The van der Waals surface area contributed by atoms with Crippen molar-refractivity contribution in [3.05, 3.63) is 0 Å². The van der Waals surface area contributed by atoms with Crippen molar-refractivity contribution in [1.29, 1.82) is 0 Å². The van der Waals surface area contributed by atoms with E-state index in [0.29, 0.717) is 18.7 Å². The molecular weight excluding hydrogens is 242 g/mol. The fourth-order valence-corrected chi connectivity index (χ4v) is 3.17. The minimum Gasteiger partial charge on any atom is -0.450 e. The van der Waals surface area contributed by atoms with Crippen LogP contribution in [0.3, 0.4) is 0 Å². The first-order chi connectivity index (χ1) is 9.20. The molecule has 2 heterocycles. The van der Waals surface area contributed by atoms with E-state index in [-0.39, 0.29) is 6.09 Å². The van der Waals surface area contributed by atoms with Crippen LogP contribution in [0, 0.1) is 0 Å². The topological polar surface area (TPSA) is 58.8 Å². The van der Waals surface area contributed by atoms with Crippen molar-refractivity contribution >= 4 is 6.09 Å². The Labute approximate surface area is 116 Å². The van der Waals surface area contributed by atoms with E-state index < -0.39 is 0 Å². The Balaban J connectivity index is 1.80. The van der Waals surface area contributed by atoms with Gasteiger partial charge in [-0.1, -0.05) is 6.42 Å². The van der Waals surface area contributed by atoms with Crippen molar-refractivity contribution in [2.24, 2.45) is 5.73 Å². The molecule has 2 fully saturated rings. The lowest BCUT2D eigenvalue weighted by Crippen LogP contribution is -2.49. The van der Waals surface area contributed by atoms with Gasteiger partial charge in [-0.2, -0.15) is 0 Å². The van der Waals surface area contributed by atoms with Gasteiger partial charge < -0.3 is 15.4 Å². The molecule has 0 aromatic carbocycles. The van der Waals surface area contributed by atoms with Gasteiger partial charge in [-0.3, -0.25) is 4.90 Å². The molecule has 1 amide bonds. The normalized spacial score (nSPS) is 27.1. The quantitative estimate of drug-likeness (QED) is 0.823. The van der Waals surface area contributed by atoms with Crippen LogP contribution < -0.4 is 5.73 Å². The highest BCUT2D eigenvalue weighted by molar-refractivity contribution is 5.67. The number of likely N-dealkylation sites (tertiary alicyclic amines) is 2. The minimum absolute atomic E-state index is 0.159. The van der Waals surface area contributed by atoms with E-state index >= 15 is 0 Å². The summed E-state index contributed by atoms with van der Waals surface area (Å²) in [7, 11) is 0. The zero-order chi connectivity index (χ0) is 13.7. The largest absolute Gasteiger partial charge is 0.450 e. The molecule has 0 aromatic heterocycles. The zero-order valence-corrected chi connectivity index (χ0v) is 12.0. The van der Waals surface area contributed by atoms with Gasteiger partial charge in [-0.05, 0) is 39.2 Å². The third-order valence-electron chi connectivity index (χ3n) is 4.25. The fourth-order valence-electron chi connectivity index (χ4n) is 3.17. The number of hydrogen-bond donors (Lipinski definition) is 1. The van der Waals surface area contributed by atoms with Crippen LogP contribution in [-0.4, -0.2) is 60.8 Å². The van der Waals surface area contributed by atoms with E-state index in [1.54, 1.807) is 0 Å². The van der Waals surface area contributed by atoms with Gasteiger partial charge in [-0.15, -0.1) is 0 Å². The van der Waals surface area contributed by atoms with Gasteiger partial charge in [0.1, 0.15) is 0 Å². The molecule has 0 aromatic rings. The smallest absolute Gasteiger partial charge is 0.409 e. The van der Waals surface area contributed by atoms with Crippen LogP contribution in [0.2, 0.25) is 0 Å². The molecule has 110 valence electrons. The van der Waals surface area contributed by atoms with Gasteiger partial charge in [-0.25, -0.2) is 4.79 Å². The molecule has 5 heteroatoms. The number of carbonyl (C=O) groups excluding carboxylic acids is 1. The summed E-state index contributed by atoms with van der Waals surface area (Å²) < 4.78 is 5.05. The van der Waals surface area contributed by atoms with Gasteiger partial charge in [0.2, 0.25) is 0 Å². The second-order valence-corrected chi connectivity index (χ2v) is 5.67. The molecule has 2 aliphatic heterocycles. The van der Waals surface area contributed by atoms with Crippen LogP contribution in [0.4, 0.5) is 4.79 Å². The fraction of sp³-hybridized carbons (Fsp3) is 0.929. The number of rotatable bonds is 2. The van der Waals surface area contributed by atoms with Crippen LogP contribution in [0.1, 0.15) is 39.0 Å². The molecule has 1 unspecified atom stereocenters. The number of ether oxygens (including phenoxy) is 1. The van der Waals surface area contributed by atoms with E-state index in [4.69, 9.17) is 10.5 Å². The lowest BCUT2D eigenvalue weighted by Gasteiger charge is -2.38. The second kappa shape index (κ2) is 7.10. The summed E-state index contributed by atoms with van der Waals surface area (Å²) in [6.45, 7) is 6.12. The van der Waals surface area contributed by atoms with Crippen molar-refractivity contribution in [2.75, 3.05) is 32.8 Å². The number of amides is 1. The van der Waals surface area contributed by atoms with Gasteiger partial charge in [0.15, 0.2) is 0 Å². The first kappa shape index (κ1) is 14.6. The summed E-state index contributed by atoms with van der Waals surface area (Å²) in [5, 5.41) is 0. The van der Waals surface area contributed by atoms with Crippen molar-refractivity contribution in [3.63, 3.8) is 0 Å². The third-order valence-corrected chi connectivity index (χ3v) is 4.25. The molecule has 5 nitrogen and oxygen atoms in total. The zero-order valence-electron chi connectivity index (χ0n) is 12.0. The summed E-state index contributed by atoms with van der Waals surface area (Å²) in [5.41, 5.74) is 6.12. The predicted octanol–water partition coefficient (Wildman–Crippen LogP) is 1.42. The molecule has 2 saturated heterocycles. The summed E-state index contributed by atoms with van der Waals surface area (Å²) in [6.07, 6.45) is 5.59. The third kappa shape index (κ3) is 4.08. The molecule has 2 aliphatic rings. The first-order valence-corrected chi connectivity index (χ1v) is 7.62. The van der Waals surface area contributed by atoms with Crippen molar-refractivity contribution in [2.45, 2.75) is 51.1 Å². The van der Waals surface area contributed by atoms with Crippen LogP contribution in [-0.2, 0) is 4.74 Å². The monoisotopic (exact) mass is 269 g/mol. The van der Waals surface area contributed by atoms with E-state index in [1.165, 1.54) is 12.8 Å². The van der Waals surface area contributed by atoms with E-state index in [0.717, 1.165) is 45.4 Å². The summed E-state index contributed by atoms with van der Waals surface area (Å²) in [4.78, 5) is 16.0. The molecule has 0 bridgehead atoms. The number of piperidine rings is 1. The van der Waals surface area contributed by atoms with Gasteiger partial charge >= 0.3 is 6.09 Å². The number of nitrogens with two attached hydrogens (primary N) is 1. The first-order valence-electron chi connectivity index (χ1n) is 7.62. The highest BCUT2D eigenvalue weighted by Gasteiger charge is 2.28. The maximum atomic E-state index is 11.7. The lowest BCUT2D eigenvalue weighted by atomic mass is 10.0. The Kier molecular flexibility index (Phi) is 5.45. The van der Waals surface area contributed by atoms with Crippen molar-refractivity contribution in [1.82, 2.24) is 9.80 Å². The van der Waals surface area contributed by atoms with Crippen LogP contribution in [0.25, 0.3) is 0 Å². The highest BCUT2D eigenvalue weighted by Crippen LogP contribution is 2.20. The Bertz CT molecular complexity index is 290. The van der Waals surface area contributed by atoms with Crippen molar-refractivity contribution < 1.29 is 9.53 Å². The minimum atomic E-state index is -0.159. The highest BCUT2D eigenvalue weighted by atomic mass is 16.6. The van der Waals surface area contributed by atoms with Crippen LogP contribution in [0.15, 0.2) is 0 Å². The van der Waals surface area contributed by atoms with Gasteiger partial charge in [0.05, 0.1) is 6.61 Å². The molecule has 19 heavy (non-hydrogen) atoms. The molecule has 0 saturated carbocycles. The Morgan fingerprint density at radius 3 is 2.63 bits per heavy atom. The molecule has 1 atom stereocenters. The van der Waals surface area contributed by atoms with E-state index in [2.05, 4.69) is 4.90 Å². The molecule has 0 radical (unpaired) electrons. The predicted molar refractivity (Wildman–Crippen MR) is 75.0 cm³/mol. The molecular formula is C14H27N3O2. The SMILES string of the molecule is CCOC(=O)N1CCC(N2CCCCC(N)C2)CC1. The summed E-state index contributed by atoms with van der Waals surface area (Å²) in [6, 6.07) is 0.917. The number of nitrogens with zero attached hydrogens (tertiary/aromatic N) is 2. The molecule has 2 N–H and O–H groups in total. The second-order valence-electron chi connectivity index (χ2n) is 5.67. The summed E-state index contributed by atoms with van der Waals surface area (Å²) in [5.74, 6) is 0. The van der Waals surface area contributed by atoms with Crippen LogP contribution in [0.5, 0.6) is 0 Å². The molecule has 2 rings (SSSR count). The van der Waals surface area contributed by atoms with E-state index in [9.17, 15) is 4.79 Å². The summed E-state index contributed by atoms with van der Waals surface area (Å²) >= 11 is 0. The molecule has 0 aliphatic carbocycles. The molecule has 0 spiro atoms. The van der Waals surface area contributed by atoms with E-state index in [1.807, 2.05) is 11.8 Å². The van der Waals surface area contributed by atoms with Gasteiger partial charge in [0, 0.05) is 31.7 Å². The lowest BCUT2D eigenvalue weighted by molar-refractivity contribution is 0.0745. The standard InChI is InChI=1S/C14H27N3O2/c1-2-19-14(18)16-9-6-13(7-10-16)17-8-4-3-5-12(15)11-17/h12-13H,2-11,15H2,1H3. The number of hydrogen-bond acceptors (Lipinski definition) is 4. The number of carbonyl (C=O) groups is 1. The maximum Gasteiger partial charge on any atom is 0.409 e. The van der Waals surface area contributed by atoms with Gasteiger partial charge in [0.25, 0.3) is 0 Å². The average Bonchev–Trinajstić information content (AvgIpc) is 2.64. The Morgan fingerprint density at radius 1 is 1.21 bits per heavy atom. The average molecular weight is 269 g/mol. The maximum absolute atomic E-state index is 11.7. The van der Waals surface area contributed by atoms with Crippen molar-refractivity contribution in [3.8, 4) is 0 Å².